The van der Waals surface area contributed by atoms with Gasteiger partial charge in [-0.25, -0.2) is 9.97 Å². The minimum Gasteiger partial charge on any atom is -0.494 e. The van der Waals surface area contributed by atoms with Crippen molar-refractivity contribution < 1.29 is 9.84 Å². The van der Waals surface area contributed by atoms with Gasteiger partial charge in [0.2, 0.25) is 0 Å². The summed E-state index contributed by atoms with van der Waals surface area (Å²) in [5.41, 5.74) is 1.22. The number of aliphatic hydroxyl groups excluding tert-OH is 1. The second kappa shape index (κ2) is 14.1. The van der Waals surface area contributed by atoms with Crippen molar-refractivity contribution in [1.82, 2.24) is 9.97 Å². The number of aryl methyl sites for hydroxylation is 1. The standard InChI is InChI=1S/C24H36N2O2/c1-2-3-4-5-6-8-12-21-19-25-24(26-20-21)22(13-11-17-27)16-18-28-23-14-9-7-10-15-23/h7,9-10,14-15,19-20,22,27H,2-6,8,11-13,16-18H2,1H3. The van der Waals surface area contributed by atoms with Crippen LogP contribution in [0.2, 0.25) is 0 Å². The second-order valence-corrected chi connectivity index (χ2v) is 7.48. The van der Waals surface area contributed by atoms with E-state index in [2.05, 4.69) is 16.9 Å². The molecule has 1 N–H and O–H groups in total. The van der Waals surface area contributed by atoms with Gasteiger partial charge < -0.3 is 9.84 Å². The van der Waals surface area contributed by atoms with Crippen molar-refractivity contribution in [3.63, 3.8) is 0 Å². The summed E-state index contributed by atoms with van der Waals surface area (Å²) >= 11 is 0. The zero-order valence-electron chi connectivity index (χ0n) is 17.4. The van der Waals surface area contributed by atoms with Crippen LogP contribution in [0, 0.1) is 0 Å². The number of nitrogens with zero attached hydrogens (tertiary/aromatic N) is 2. The average molecular weight is 385 g/mol. The van der Waals surface area contributed by atoms with Gasteiger partial charge in [0.1, 0.15) is 11.6 Å². The molecule has 4 nitrogen and oxygen atoms in total. The first-order valence-electron chi connectivity index (χ1n) is 10.9. The number of hydrogen-bond acceptors (Lipinski definition) is 4. The smallest absolute Gasteiger partial charge is 0.131 e. The van der Waals surface area contributed by atoms with Crippen molar-refractivity contribution >= 4 is 0 Å². The zero-order valence-corrected chi connectivity index (χ0v) is 17.4. The van der Waals surface area contributed by atoms with E-state index < -0.39 is 0 Å². The van der Waals surface area contributed by atoms with Crippen molar-refractivity contribution in [2.75, 3.05) is 13.2 Å². The zero-order chi connectivity index (χ0) is 19.9. The lowest BCUT2D eigenvalue weighted by Gasteiger charge is -2.16. The Bertz CT molecular complexity index is 616. The highest BCUT2D eigenvalue weighted by molar-refractivity contribution is 5.20. The first-order chi connectivity index (χ1) is 13.8. The Morgan fingerprint density at radius 3 is 2.32 bits per heavy atom. The summed E-state index contributed by atoms with van der Waals surface area (Å²) in [5, 5.41) is 9.21. The SMILES string of the molecule is CCCCCCCCc1cnc(C(CCCO)CCOc2ccccc2)nc1. The highest BCUT2D eigenvalue weighted by Crippen LogP contribution is 2.23. The Balaban J connectivity index is 1.79. The fraction of sp³-hybridized carbons (Fsp3) is 0.583. The molecule has 0 aliphatic rings. The molecule has 1 atom stereocenters. The predicted molar refractivity (Wildman–Crippen MR) is 115 cm³/mol. The highest BCUT2D eigenvalue weighted by Gasteiger charge is 2.15. The van der Waals surface area contributed by atoms with E-state index in [1.807, 2.05) is 42.7 Å². The maximum atomic E-state index is 9.21. The molecule has 0 amide bonds. The number of aliphatic hydroxyl groups is 1. The summed E-state index contributed by atoms with van der Waals surface area (Å²) < 4.78 is 5.84. The van der Waals surface area contributed by atoms with Crippen LogP contribution < -0.4 is 4.74 Å². The Morgan fingerprint density at radius 1 is 0.893 bits per heavy atom. The molecule has 154 valence electrons. The van der Waals surface area contributed by atoms with Gasteiger partial charge in [-0.2, -0.15) is 0 Å². The summed E-state index contributed by atoms with van der Waals surface area (Å²) in [7, 11) is 0. The molecule has 0 saturated heterocycles. The fourth-order valence-electron chi connectivity index (χ4n) is 3.39. The number of aromatic nitrogens is 2. The Morgan fingerprint density at radius 2 is 1.61 bits per heavy atom. The Kier molecular flexibility index (Phi) is 11.3. The van der Waals surface area contributed by atoms with E-state index in [9.17, 15) is 5.11 Å². The van der Waals surface area contributed by atoms with E-state index in [0.29, 0.717) is 6.61 Å². The first-order valence-corrected chi connectivity index (χ1v) is 10.9. The van der Waals surface area contributed by atoms with Gasteiger partial charge in [0, 0.05) is 24.9 Å². The van der Waals surface area contributed by atoms with Crippen molar-refractivity contribution in [2.45, 2.75) is 77.0 Å². The van der Waals surface area contributed by atoms with Crippen LogP contribution in [0.15, 0.2) is 42.7 Å². The molecule has 1 heterocycles. The third kappa shape index (κ3) is 8.83. The van der Waals surface area contributed by atoms with Crippen LogP contribution in [0.1, 0.15) is 82.0 Å². The molecule has 1 unspecified atom stereocenters. The number of ether oxygens (including phenoxy) is 1. The van der Waals surface area contributed by atoms with E-state index >= 15 is 0 Å². The predicted octanol–water partition coefficient (Wildman–Crippen LogP) is 5.70. The molecule has 2 rings (SSSR count). The molecule has 1 aromatic carbocycles. The lowest BCUT2D eigenvalue weighted by molar-refractivity contribution is 0.261. The van der Waals surface area contributed by atoms with Gasteiger partial charge in [0.15, 0.2) is 0 Å². The van der Waals surface area contributed by atoms with Gasteiger partial charge in [0.05, 0.1) is 6.61 Å². The number of para-hydroxylation sites is 1. The van der Waals surface area contributed by atoms with Crippen LogP contribution in [-0.2, 0) is 6.42 Å². The molecular formula is C24H36N2O2. The molecule has 0 aliphatic carbocycles. The first kappa shape index (κ1) is 22.4. The highest BCUT2D eigenvalue weighted by atomic mass is 16.5. The molecule has 0 bridgehead atoms. The van der Waals surface area contributed by atoms with Gasteiger partial charge in [-0.3, -0.25) is 0 Å². The van der Waals surface area contributed by atoms with Crippen LogP contribution in [0.5, 0.6) is 5.75 Å². The number of rotatable bonds is 15. The summed E-state index contributed by atoms with van der Waals surface area (Å²) in [6.45, 7) is 3.08. The molecule has 4 heteroatoms. The number of hydrogen-bond donors (Lipinski definition) is 1. The monoisotopic (exact) mass is 384 g/mol. The van der Waals surface area contributed by atoms with E-state index in [1.54, 1.807) is 0 Å². The van der Waals surface area contributed by atoms with Gasteiger partial charge in [-0.15, -0.1) is 0 Å². The molecule has 2 aromatic rings. The van der Waals surface area contributed by atoms with Crippen LogP contribution in [-0.4, -0.2) is 28.3 Å². The van der Waals surface area contributed by atoms with E-state index in [4.69, 9.17) is 4.74 Å². The van der Waals surface area contributed by atoms with E-state index in [1.165, 1.54) is 44.1 Å². The van der Waals surface area contributed by atoms with Crippen LogP contribution in [0.25, 0.3) is 0 Å². The average Bonchev–Trinajstić information content (AvgIpc) is 2.74. The Labute approximate surface area is 170 Å². The van der Waals surface area contributed by atoms with Gasteiger partial charge >= 0.3 is 0 Å². The lowest BCUT2D eigenvalue weighted by Crippen LogP contribution is -2.10. The summed E-state index contributed by atoms with van der Waals surface area (Å²) in [6.07, 6.45) is 15.4. The molecule has 28 heavy (non-hydrogen) atoms. The molecule has 0 saturated carbocycles. The van der Waals surface area contributed by atoms with Crippen LogP contribution in [0.3, 0.4) is 0 Å². The third-order valence-corrected chi connectivity index (χ3v) is 5.10. The topological polar surface area (TPSA) is 55.2 Å². The van der Waals surface area contributed by atoms with Crippen LogP contribution >= 0.6 is 0 Å². The second-order valence-electron chi connectivity index (χ2n) is 7.48. The van der Waals surface area contributed by atoms with Crippen molar-refractivity contribution in [3.8, 4) is 5.75 Å². The van der Waals surface area contributed by atoms with Crippen molar-refractivity contribution in [3.05, 3.63) is 54.1 Å². The number of unbranched alkanes of at least 4 members (excludes halogenated alkanes) is 5. The molecular weight excluding hydrogens is 348 g/mol. The molecule has 1 aromatic heterocycles. The lowest BCUT2D eigenvalue weighted by atomic mass is 9.98. The molecule has 0 fully saturated rings. The molecule has 0 radical (unpaired) electrons. The largest absolute Gasteiger partial charge is 0.494 e. The minimum absolute atomic E-state index is 0.201. The maximum Gasteiger partial charge on any atom is 0.131 e. The van der Waals surface area contributed by atoms with Crippen molar-refractivity contribution in [1.29, 1.82) is 0 Å². The fourth-order valence-corrected chi connectivity index (χ4v) is 3.39. The number of benzene rings is 1. The van der Waals surface area contributed by atoms with Gasteiger partial charge in [-0.1, -0.05) is 57.2 Å². The Hall–Kier alpha value is -1.94. The van der Waals surface area contributed by atoms with Gasteiger partial charge in [0.25, 0.3) is 0 Å². The summed E-state index contributed by atoms with van der Waals surface area (Å²) in [4.78, 5) is 9.28. The third-order valence-electron chi connectivity index (χ3n) is 5.10. The van der Waals surface area contributed by atoms with E-state index in [0.717, 1.165) is 37.3 Å². The quantitative estimate of drug-likeness (QED) is 0.400. The van der Waals surface area contributed by atoms with Gasteiger partial charge in [-0.05, 0) is 49.8 Å². The summed E-state index contributed by atoms with van der Waals surface area (Å²) in [5.74, 6) is 1.98. The molecule has 0 spiro atoms. The van der Waals surface area contributed by atoms with Crippen molar-refractivity contribution in [2.24, 2.45) is 0 Å². The molecule has 0 aliphatic heterocycles. The summed E-state index contributed by atoms with van der Waals surface area (Å²) in [6, 6.07) is 9.87. The van der Waals surface area contributed by atoms with Crippen LogP contribution in [0.4, 0.5) is 0 Å². The normalized spacial score (nSPS) is 12.1. The van der Waals surface area contributed by atoms with E-state index in [-0.39, 0.29) is 12.5 Å². The maximum absolute atomic E-state index is 9.21. The minimum atomic E-state index is 0.201.